The van der Waals surface area contributed by atoms with Gasteiger partial charge in [0.25, 0.3) is 5.91 Å². The van der Waals surface area contributed by atoms with Crippen molar-refractivity contribution in [2.45, 2.75) is 70.4 Å². The maximum atomic E-state index is 14.3. The van der Waals surface area contributed by atoms with Crippen LogP contribution in [0.2, 0.25) is 5.15 Å². The van der Waals surface area contributed by atoms with Gasteiger partial charge in [0, 0.05) is 43.1 Å². The summed E-state index contributed by atoms with van der Waals surface area (Å²) in [6.45, 7) is 8.60. The largest absolute Gasteiger partial charge is 0.460 e. The minimum atomic E-state index is -2.33. The molecule has 8 atom stereocenters. The molecule has 230 valence electrons. The van der Waals surface area contributed by atoms with Crippen molar-refractivity contribution in [3.8, 4) is 0 Å². The fourth-order valence-corrected chi connectivity index (χ4v) is 10.2. The molecule has 1 amide bonds. The summed E-state index contributed by atoms with van der Waals surface area (Å²) in [5, 5.41) is 24.4. The number of fused-ring (bicyclic) bond motifs is 2. The van der Waals surface area contributed by atoms with E-state index in [1.807, 2.05) is 13.8 Å². The Hall–Kier alpha value is -2.66. The van der Waals surface area contributed by atoms with Gasteiger partial charge in [-0.1, -0.05) is 32.0 Å². The molecule has 0 aromatic carbocycles. The van der Waals surface area contributed by atoms with Gasteiger partial charge in [0.2, 0.25) is 5.79 Å². The van der Waals surface area contributed by atoms with E-state index in [1.54, 1.807) is 11.0 Å². The van der Waals surface area contributed by atoms with E-state index in [2.05, 4.69) is 11.6 Å². The van der Waals surface area contributed by atoms with Crippen LogP contribution in [0, 0.1) is 39.9 Å². The van der Waals surface area contributed by atoms with Crippen LogP contribution >= 0.6 is 11.6 Å². The van der Waals surface area contributed by atoms with Gasteiger partial charge in [-0.3, -0.25) is 19.2 Å². The first-order chi connectivity index (χ1) is 20.3. The van der Waals surface area contributed by atoms with E-state index in [1.165, 1.54) is 12.3 Å². The highest BCUT2D eigenvalue weighted by molar-refractivity contribution is 6.29. The molecule has 7 aliphatic rings. The predicted molar refractivity (Wildman–Crippen MR) is 151 cm³/mol. The molecule has 0 unspecified atom stereocenters. The van der Waals surface area contributed by atoms with Gasteiger partial charge in [-0.15, -0.1) is 0 Å². The zero-order valence-corrected chi connectivity index (χ0v) is 25.1. The van der Waals surface area contributed by atoms with Gasteiger partial charge >= 0.3 is 5.97 Å². The van der Waals surface area contributed by atoms with Gasteiger partial charge in [0.05, 0.1) is 17.9 Å². The number of esters is 1. The number of piperidine rings is 1. The van der Waals surface area contributed by atoms with Crippen LogP contribution < -0.4 is 0 Å². The van der Waals surface area contributed by atoms with Crippen LogP contribution in [0.1, 0.15) is 62.7 Å². The number of amides is 1. The monoisotopic (exact) mass is 612 g/mol. The van der Waals surface area contributed by atoms with E-state index in [0.717, 1.165) is 0 Å². The standard InChI is InChI=1S/C32H37ClN2O8/c1-16-19-4-5-20-30-15-42-32(41,25(38)23(30)29(2,3)10-6-21(30)36)31(20,24(16)37)26(19)43-28(40)17-8-12-35(13-9-17)27(39)18-7-11-34-22(33)14-18/h7,11,14,17,19-20,23,25-26,38,41H,1,4-6,8-10,12-13,15H2,2-3H3/t19-,20-,23+,25-,26+,30+,31-,32+/m0/s1. The molecule has 1 aromatic rings. The summed E-state index contributed by atoms with van der Waals surface area (Å²) in [4.78, 5) is 60.4. The van der Waals surface area contributed by atoms with Gasteiger partial charge in [-0.05, 0) is 61.1 Å². The van der Waals surface area contributed by atoms with Crippen LogP contribution in [0.5, 0.6) is 0 Å². The molecule has 3 aliphatic heterocycles. The number of carbonyl (C=O) groups is 4. The summed E-state index contributed by atoms with van der Waals surface area (Å²) in [7, 11) is 0. The van der Waals surface area contributed by atoms with Crippen LogP contribution in [0.3, 0.4) is 0 Å². The molecular weight excluding hydrogens is 576 g/mol. The topological polar surface area (TPSA) is 143 Å². The molecule has 8 rings (SSSR count). The van der Waals surface area contributed by atoms with Crippen LogP contribution in [-0.2, 0) is 23.9 Å². The van der Waals surface area contributed by atoms with Gasteiger partial charge in [0.1, 0.15) is 28.6 Å². The molecule has 2 N–H and O–H groups in total. The van der Waals surface area contributed by atoms with Crippen molar-refractivity contribution in [2.75, 3.05) is 19.7 Å². The van der Waals surface area contributed by atoms with Crippen LogP contribution in [0.25, 0.3) is 0 Å². The highest BCUT2D eigenvalue weighted by atomic mass is 35.5. The molecule has 2 spiro atoms. The highest BCUT2D eigenvalue weighted by Crippen LogP contribution is 2.76. The zero-order valence-electron chi connectivity index (χ0n) is 24.4. The number of rotatable bonds is 3. The van der Waals surface area contributed by atoms with Gasteiger partial charge < -0.3 is 24.6 Å². The van der Waals surface area contributed by atoms with E-state index in [9.17, 15) is 29.4 Å². The lowest BCUT2D eigenvalue weighted by Gasteiger charge is -2.73. The van der Waals surface area contributed by atoms with Gasteiger partial charge in [-0.25, -0.2) is 4.98 Å². The third-order valence-corrected chi connectivity index (χ3v) is 12.2. The molecule has 4 saturated carbocycles. The minimum absolute atomic E-state index is 0.0663. The average Bonchev–Trinajstić information content (AvgIpc) is 3.09. The van der Waals surface area contributed by atoms with Crippen molar-refractivity contribution in [3.05, 3.63) is 41.2 Å². The summed E-state index contributed by atoms with van der Waals surface area (Å²) in [5.74, 6) is -5.97. The quantitative estimate of drug-likeness (QED) is 0.299. The Balaban J connectivity index is 1.18. The first kappa shape index (κ1) is 29.1. The zero-order chi connectivity index (χ0) is 30.7. The van der Waals surface area contributed by atoms with Crippen molar-refractivity contribution in [1.82, 2.24) is 9.88 Å². The number of aliphatic hydroxyl groups is 2. The van der Waals surface area contributed by atoms with E-state index in [-0.39, 0.29) is 35.4 Å². The number of likely N-dealkylation sites (tertiary alicyclic amines) is 1. The Labute approximate surface area is 254 Å². The predicted octanol–water partition coefficient (Wildman–Crippen LogP) is 2.74. The number of ether oxygens (including phenoxy) is 2. The van der Waals surface area contributed by atoms with Crippen molar-refractivity contribution in [3.63, 3.8) is 0 Å². The summed E-state index contributed by atoms with van der Waals surface area (Å²) >= 11 is 5.95. The Morgan fingerprint density at radius 1 is 1.19 bits per heavy atom. The van der Waals surface area contributed by atoms with E-state index in [0.29, 0.717) is 50.8 Å². The normalized spacial score (nSPS) is 41.6. The SMILES string of the molecule is C=C1C(=O)[C@]23[C@H](OC(=O)C4CCN(C(=O)c5ccnc(Cl)c5)CC4)[C@H]1CC[C@H]2[C@@]12CO[C@]3(O)[C@@H](O)[C@@H]1C(C)(C)CCC2=O. The third kappa shape index (κ3) is 3.55. The van der Waals surface area contributed by atoms with Crippen LogP contribution in [0.15, 0.2) is 30.5 Å². The maximum Gasteiger partial charge on any atom is 0.309 e. The smallest absolute Gasteiger partial charge is 0.309 e. The number of pyridine rings is 1. The number of aromatic nitrogens is 1. The Kier molecular flexibility index (Phi) is 6.37. The minimum Gasteiger partial charge on any atom is -0.460 e. The molecule has 4 heterocycles. The summed E-state index contributed by atoms with van der Waals surface area (Å²) < 4.78 is 12.3. The summed E-state index contributed by atoms with van der Waals surface area (Å²) in [6, 6.07) is 3.10. The maximum absolute atomic E-state index is 14.3. The number of nitrogens with zero attached hydrogens (tertiary/aromatic N) is 2. The molecule has 43 heavy (non-hydrogen) atoms. The molecule has 11 heteroatoms. The number of ketones is 2. The number of hydrogen-bond acceptors (Lipinski definition) is 9. The summed E-state index contributed by atoms with van der Waals surface area (Å²) in [5.41, 5.74) is -2.83. The van der Waals surface area contributed by atoms with Gasteiger partial charge in [0.15, 0.2) is 5.78 Å². The molecule has 4 aliphatic carbocycles. The lowest BCUT2D eigenvalue weighted by atomic mass is 9.36. The Bertz CT molecular complexity index is 1450. The molecule has 3 saturated heterocycles. The molecule has 0 radical (unpaired) electrons. The molecular formula is C32H37ClN2O8. The van der Waals surface area contributed by atoms with Crippen LogP contribution in [-0.4, -0.2) is 81.2 Å². The van der Waals surface area contributed by atoms with E-state index >= 15 is 0 Å². The molecule has 1 aromatic heterocycles. The number of halogens is 1. The van der Waals surface area contributed by atoms with Crippen LogP contribution in [0.4, 0.5) is 0 Å². The Morgan fingerprint density at radius 2 is 1.91 bits per heavy atom. The second kappa shape index (κ2) is 9.42. The lowest BCUT2D eigenvalue weighted by Crippen LogP contribution is -2.85. The fourth-order valence-electron chi connectivity index (χ4n) is 10.0. The average molecular weight is 613 g/mol. The van der Waals surface area contributed by atoms with E-state index in [4.69, 9.17) is 21.1 Å². The lowest BCUT2D eigenvalue weighted by molar-refractivity contribution is -0.437. The third-order valence-electron chi connectivity index (χ3n) is 12.0. The van der Waals surface area contributed by atoms with Gasteiger partial charge in [-0.2, -0.15) is 0 Å². The second-order valence-corrected chi connectivity index (χ2v) is 14.5. The van der Waals surface area contributed by atoms with Crippen molar-refractivity contribution < 1.29 is 38.9 Å². The number of aliphatic hydroxyl groups excluding tert-OH is 1. The number of hydrogen-bond donors (Lipinski definition) is 2. The Morgan fingerprint density at radius 3 is 2.60 bits per heavy atom. The number of carbonyl (C=O) groups excluding carboxylic acids is 4. The fraction of sp³-hybridized carbons (Fsp3) is 0.656. The van der Waals surface area contributed by atoms with Crippen molar-refractivity contribution in [1.29, 1.82) is 0 Å². The number of Topliss-reactive ketones (excluding diaryl/α,β-unsaturated/α-hetero) is 2. The molecule has 7 fully saturated rings. The van der Waals surface area contributed by atoms with Crippen molar-refractivity contribution in [2.24, 2.45) is 39.9 Å². The first-order valence-electron chi connectivity index (χ1n) is 15.2. The van der Waals surface area contributed by atoms with Crippen molar-refractivity contribution >= 4 is 35.0 Å². The van der Waals surface area contributed by atoms with E-state index < -0.39 is 69.7 Å². The molecule has 10 nitrogen and oxygen atoms in total. The highest BCUT2D eigenvalue weighted by Gasteiger charge is 2.88. The molecule has 4 bridgehead atoms. The summed E-state index contributed by atoms with van der Waals surface area (Å²) in [6.07, 6.45) is 1.32. The first-order valence-corrected chi connectivity index (χ1v) is 15.6. The second-order valence-electron chi connectivity index (χ2n) is 14.1.